The summed E-state index contributed by atoms with van der Waals surface area (Å²) in [6, 6.07) is 5.98. The van der Waals surface area contributed by atoms with Gasteiger partial charge >= 0.3 is 5.97 Å². The molecular formula is C22H31N3O5S. The van der Waals surface area contributed by atoms with Gasteiger partial charge < -0.3 is 19.7 Å². The van der Waals surface area contributed by atoms with Gasteiger partial charge in [0.05, 0.1) is 19.1 Å². The lowest BCUT2D eigenvalue weighted by atomic mass is 10.1. The number of esters is 1. The molecule has 1 aliphatic rings. The standard InChI is InChI=1S/C22H31N3O5S/c1-5-15(4)30-19(26)12-18-21(28)23-9-10-25(18)22(31)24-20(27)16-7-6-8-17(11-16)29-13-14(2)3/h6-8,11,14-15,18H,5,9-10,12-13H2,1-4H3,(H,23,28)(H,24,27,31). The highest BCUT2D eigenvalue weighted by Gasteiger charge is 2.34. The van der Waals surface area contributed by atoms with Gasteiger partial charge in [-0.25, -0.2) is 0 Å². The van der Waals surface area contributed by atoms with Gasteiger partial charge in [-0.05, 0) is 49.7 Å². The first-order chi connectivity index (χ1) is 14.7. The molecule has 1 aromatic rings. The maximum absolute atomic E-state index is 12.7. The number of piperazine rings is 1. The molecule has 2 rings (SSSR count). The molecule has 2 atom stereocenters. The number of amides is 2. The Balaban J connectivity index is 2.04. The second kappa shape index (κ2) is 11.6. The van der Waals surface area contributed by atoms with Crippen molar-refractivity contribution in [2.24, 2.45) is 5.92 Å². The van der Waals surface area contributed by atoms with E-state index in [0.717, 1.165) is 0 Å². The molecule has 1 saturated heterocycles. The Morgan fingerprint density at radius 1 is 1.32 bits per heavy atom. The van der Waals surface area contributed by atoms with Crippen molar-refractivity contribution in [3.05, 3.63) is 29.8 Å². The molecule has 0 saturated carbocycles. The molecule has 0 bridgehead atoms. The van der Waals surface area contributed by atoms with Crippen LogP contribution in [0.25, 0.3) is 0 Å². The zero-order valence-corrected chi connectivity index (χ0v) is 19.3. The molecule has 1 aromatic carbocycles. The highest BCUT2D eigenvalue weighted by atomic mass is 32.1. The Morgan fingerprint density at radius 3 is 2.74 bits per heavy atom. The molecular weight excluding hydrogens is 418 g/mol. The van der Waals surface area contributed by atoms with Crippen LogP contribution in [0.4, 0.5) is 0 Å². The lowest BCUT2D eigenvalue weighted by molar-refractivity contribution is -0.151. The lowest BCUT2D eigenvalue weighted by Gasteiger charge is -2.36. The summed E-state index contributed by atoms with van der Waals surface area (Å²) in [5, 5.41) is 5.48. The number of nitrogens with one attached hydrogen (secondary N) is 2. The molecule has 31 heavy (non-hydrogen) atoms. The number of benzene rings is 1. The summed E-state index contributed by atoms with van der Waals surface area (Å²) in [4.78, 5) is 38.9. The predicted molar refractivity (Wildman–Crippen MR) is 121 cm³/mol. The number of hydrogen-bond donors (Lipinski definition) is 2. The van der Waals surface area contributed by atoms with E-state index in [2.05, 4.69) is 10.6 Å². The van der Waals surface area contributed by atoms with Crippen LogP contribution in [-0.2, 0) is 14.3 Å². The Labute approximate surface area is 188 Å². The van der Waals surface area contributed by atoms with Gasteiger partial charge in [-0.2, -0.15) is 0 Å². The van der Waals surface area contributed by atoms with Crippen LogP contribution in [-0.4, -0.2) is 59.6 Å². The van der Waals surface area contributed by atoms with Crippen LogP contribution in [0.15, 0.2) is 24.3 Å². The SMILES string of the molecule is CCC(C)OC(=O)CC1C(=O)NCCN1C(=S)NC(=O)c1cccc(OCC(C)C)c1. The second-order valence-corrected chi connectivity index (χ2v) is 8.29. The first kappa shape index (κ1) is 24.6. The van der Waals surface area contributed by atoms with E-state index in [1.165, 1.54) is 0 Å². The summed E-state index contributed by atoms with van der Waals surface area (Å²) in [5.41, 5.74) is 0.387. The molecule has 8 nitrogen and oxygen atoms in total. The van der Waals surface area contributed by atoms with Crippen molar-refractivity contribution in [2.45, 2.75) is 52.7 Å². The van der Waals surface area contributed by atoms with Gasteiger partial charge in [-0.3, -0.25) is 19.7 Å². The molecule has 1 aliphatic heterocycles. The average molecular weight is 450 g/mol. The van der Waals surface area contributed by atoms with E-state index in [0.29, 0.717) is 43.3 Å². The maximum Gasteiger partial charge on any atom is 0.308 e. The Bertz CT molecular complexity index is 814. The Morgan fingerprint density at radius 2 is 2.06 bits per heavy atom. The van der Waals surface area contributed by atoms with Gasteiger partial charge in [0, 0.05) is 18.7 Å². The van der Waals surface area contributed by atoms with Crippen LogP contribution < -0.4 is 15.4 Å². The summed E-state index contributed by atoms with van der Waals surface area (Å²) < 4.78 is 11.0. The minimum Gasteiger partial charge on any atom is -0.493 e. The second-order valence-electron chi connectivity index (χ2n) is 7.91. The fraction of sp³-hybridized carbons (Fsp3) is 0.545. The molecule has 9 heteroatoms. The third kappa shape index (κ3) is 7.50. The van der Waals surface area contributed by atoms with E-state index in [1.807, 2.05) is 20.8 Å². The minimum atomic E-state index is -0.834. The molecule has 0 aliphatic carbocycles. The molecule has 170 valence electrons. The topological polar surface area (TPSA) is 97.0 Å². The largest absolute Gasteiger partial charge is 0.493 e. The van der Waals surface area contributed by atoms with Crippen molar-refractivity contribution in [1.29, 1.82) is 0 Å². The molecule has 2 unspecified atom stereocenters. The van der Waals surface area contributed by atoms with E-state index < -0.39 is 17.9 Å². The molecule has 1 fully saturated rings. The van der Waals surface area contributed by atoms with Crippen LogP contribution in [0.3, 0.4) is 0 Å². The van der Waals surface area contributed by atoms with Gasteiger partial charge in [0.15, 0.2) is 5.11 Å². The zero-order chi connectivity index (χ0) is 23.0. The molecule has 0 radical (unpaired) electrons. The van der Waals surface area contributed by atoms with E-state index in [9.17, 15) is 14.4 Å². The zero-order valence-electron chi connectivity index (χ0n) is 18.5. The lowest BCUT2D eigenvalue weighted by Crippen LogP contribution is -2.60. The molecule has 1 heterocycles. The smallest absolute Gasteiger partial charge is 0.308 e. The van der Waals surface area contributed by atoms with Crippen LogP contribution in [0, 0.1) is 5.92 Å². The number of thiocarbonyl (C=S) groups is 1. The van der Waals surface area contributed by atoms with Crippen LogP contribution in [0.5, 0.6) is 5.75 Å². The first-order valence-corrected chi connectivity index (χ1v) is 10.9. The van der Waals surface area contributed by atoms with Crippen molar-refractivity contribution in [3.8, 4) is 5.75 Å². The van der Waals surface area contributed by atoms with Gasteiger partial charge in [0.2, 0.25) is 5.91 Å². The monoisotopic (exact) mass is 449 g/mol. The molecule has 2 amide bonds. The van der Waals surface area contributed by atoms with E-state index >= 15 is 0 Å². The minimum absolute atomic E-state index is 0.0923. The molecule has 0 spiro atoms. The van der Waals surface area contributed by atoms with E-state index in [-0.39, 0.29) is 23.5 Å². The van der Waals surface area contributed by atoms with Crippen LogP contribution >= 0.6 is 12.2 Å². The summed E-state index contributed by atoms with van der Waals surface area (Å²) in [6.45, 7) is 9.07. The fourth-order valence-electron chi connectivity index (χ4n) is 2.91. The van der Waals surface area contributed by atoms with Crippen molar-refractivity contribution in [2.75, 3.05) is 19.7 Å². The van der Waals surface area contributed by atoms with Crippen molar-refractivity contribution in [1.82, 2.24) is 15.5 Å². The quantitative estimate of drug-likeness (QED) is 0.464. The van der Waals surface area contributed by atoms with Crippen molar-refractivity contribution in [3.63, 3.8) is 0 Å². The predicted octanol–water partition coefficient (Wildman–Crippen LogP) is 2.27. The number of carbonyl (C=O) groups is 3. The van der Waals surface area contributed by atoms with Crippen molar-refractivity contribution >= 4 is 35.1 Å². The number of hydrogen-bond acceptors (Lipinski definition) is 6. The summed E-state index contributed by atoms with van der Waals surface area (Å²) in [6.07, 6.45) is 0.301. The summed E-state index contributed by atoms with van der Waals surface area (Å²) >= 11 is 5.39. The number of ether oxygens (including phenoxy) is 2. The number of carbonyl (C=O) groups excluding carboxylic acids is 3. The Hall–Kier alpha value is -2.68. The van der Waals surface area contributed by atoms with Crippen molar-refractivity contribution < 1.29 is 23.9 Å². The summed E-state index contributed by atoms with van der Waals surface area (Å²) in [7, 11) is 0. The highest BCUT2D eigenvalue weighted by Crippen LogP contribution is 2.16. The van der Waals surface area contributed by atoms with Gasteiger partial charge in [-0.15, -0.1) is 0 Å². The molecule has 2 N–H and O–H groups in total. The van der Waals surface area contributed by atoms with E-state index in [4.69, 9.17) is 21.7 Å². The highest BCUT2D eigenvalue weighted by molar-refractivity contribution is 7.80. The van der Waals surface area contributed by atoms with Gasteiger partial charge in [0.25, 0.3) is 5.91 Å². The third-order valence-electron chi connectivity index (χ3n) is 4.76. The number of rotatable bonds is 8. The number of nitrogens with zero attached hydrogens (tertiary/aromatic N) is 1. The van der Waals surface area contributed by atoms with Crippen LogP contribution in [0.2, 0.25) is 0 Å². The van der Waals surface area contributed by atoms with Gasteiger partial charge in [0.1, 0.15) is 11.8 Å². The maximum atomic E-state index is 12.7. The molecule has 0 aromatic heterocycles. The Kier molecular flexibility index (Phi) is 9.23. The normalized spacial score (nSPS) is 17.0. The van der Waals surface area contributed by atoms with Crippen LogP contribution in [0.1, 0.15) is 50.9 Å². The summed E-state index contributed by atoms with van der Waals surface area (Å²) in [5.74, 6) is -0.264. The van der Waals surface area contributed by atoms with Gasteiger partial charge in [-0.1, -0.05) is 26.8 Å². The third-order valence-corrected chi connectivity index (χ3v) is 5.10. The van der Waals surface area contributed by atoms with E-state index in [1.54, 1.807) is 36.1 Å². The average Bonchev–Trinajstić information content (AvgIpc) is 2.73. The first-order valence-electron chi connectivity index (χ1n) is 10.5. The fourth-order valence-corrected chi connectivity index (χ4v) is 3.22.